The average molecular weight is 420 g/mol. The predicted molar refractivity (Wildman–Crippen MR) is 116 cm³/mol. The van der Waals surface area contributed by atoms with Crippen LogP contribution in [0, 0.1) is 6.92 Å². The molecule has 0 amide bonds. The summed E-state index contributed by atoms with van der Waals surface area (Å²) < 4.78 is 34.2. The molecule has 158 valence electrons. The van der Waals surface area contributed by atoms with Crippen LogP contribution in [0.15, 0.2) is 52.4 Å². The van der Waals surface area contributed by atoms with Crippen LogP contribution in [0.4, 0.5) is 0 Å². The van der Waals surface area contributed by atoms with Gasteiger partial charge in [-0.15, -0.1) is 0 Å². The monoisotopic (exact) mass is 419 g/mol. The summed E-state index contributed by atoms with van der Waals surface area (Å²) in [4.78, 5) is 4.56. The molecule has 0 spiro atoms. The Balaban J connectivity index is 1.73. The molecule has 0 radical (unpaired) electrons. The topological polar surface area (TPSA) is 89.0 Å². The number of hydrogen-bond donors (Lipinski definition) is 2. The summed E-state index contributed by atoms with van der Waals surface area (Å²) in [5.41, 5.74) is 1.73. The summed E-state index contributed by atoms with van der Waals surface area (Å²) in [5, 5.41) is 6.46. The van der Waals surface area contributed by atoms with E-state index in [1.54, 1.807) is 27.1 Å². The highest BCUT2D eigenvalue weighted by Gasteiger charge is 2.10. The number of methoxy groups -OCH3 is 1. The number of hydrogen-bond acceptors (Lipinski definition) is 5. The Kier molecular flexibility index (Phi) is 8.33. The van der Waals surface area contributed by atoms with Crippen molar-refractivity contribution in [1.82, 2.24) is 10.6 Å². The highest BCUT2D eigenvalue weighted by molar-refractivity contribution is 7.90. The number of rotatable bonds is 9. The van der Waals surface area contributed by atoms with Crippen LogP contribution in [0.1, 0.15) is 17.5 Å². The first kappa shape index (κ1) is 22.5. The molecule has 0 bridgehead atoms. The van der Waals surface area contributed by atoms with Gasteiger partial charge in [0.2, 0.25) is 0 Å². The zero-order valence-corrected chi connectivity index (χ0v) is 18.2. The Hall–Kier alpha value is -2.74. The number of nitrogens with zero attached hydrogens (tertiary/aromatic N) is 1. The van der Waals surface area contributed by atoms with E-state index >= 15 is 0 Å². The van der Waals surface area contributed by atoms with Crippen LogP contribution in [0.2, 0.25) is 0 Å². The fourth-order valence-electron chi connectivity index (χ4n) is 2.78. The van der Waals surface area contributed by atoms with Crippen molar-refractivity contribution in [2.75, 3.05) is 33.6 Å². The standard InChI is InChI=1S/C21H29N3O4S/c1-16-14-17(6-11-20(16)29(4,25)26)15-24-21(22-2)23-12-5-13-28-19-9-7-18(27-3)8-10-19/h6-11,14H,5,12-13,15H2,1-4H3,(H2,22,23,24). The van der Waals surface area contributed by atoms with E-state index in [1.807, 2.05) is 36.4 Å². The summed E-state index contributed by atoms with van der Waals surface area (Å²) in [6, 6.07) is 12.8. The van der Waals surface area contributed by atoms with E-state index in [0.717, 1.165) is 29.0 Å². The number of nitrogens with one attached hydrogen (secondary N) is 2. The van der Waals surface area contributed by atoms with Gasteiger partial charge in [-0.3, -0.25) is 4.99 Å². The zero-order chi connectivity index (χ0) is 21.3. The van der Waals surface area contributed by atoms with Crippen molar-refractivity contribution >= 4 is 15.8 Å². The maximum absolute atomic E-state index is 11.7. The van der Waals surface area contributed by atoms with Gasteiger partial charge in [0.1, 0.15) is 11.5 Å². The first-order chi connectivity index (χ1) is 13.8. The van der Waals surface area contributed by atoms with Crippen molar-refractivity contribution in [1.29, 1.82) is 0 Å². The number of aliphatic imine (C=N–C) groups is 1. The van der Waals surface area contributed by atoms with Crippen LogP contribution < -0.4 is 20.1 Å². The van der Waals surface area contributed by atoms with Gasteiger partial charge in [-0.05, 0) is 54.8 Å². The van der Waals surface area contributed by atoms with Crippen molar-refractivity contribution in [3.63, 3.8) is 0 Å². The molecule has 0 unspecified atom stereocenters. The third kappa shape index (κ3) is 7.30. The van der Waals surface area contributed by atoms with Gasteiger partial charge in [0, 0.05) is 26.4 Å². The molecule has 2 rings (SSSR count). The lowest BCUT2D eigenvalue weighted by Gasteiger charge is -2.13. The largest absolute Gasteiger partial charge is 0.497 e. The molecule has 8 heteroatoms. The third-order valence-corrected chi connectivity index (χ3v) is 5.52. The van der Waals surface area contributed by atoms with Crippen molar-refractivity contribution in [2.45, 2.75) is 24.8 Å². The zero-order valence-electron chi connectivity index (χ0n) is 17.4. The molecule has 0 saturated carbocycles. The second-order valence-electron chi connectivity index (χ2n) is 6.60. The number of ether oxygens (including phenoxy) is 2. The fraction of sp³-hybridized carbons (Fsp3) is 0.381. The van der Waals surface area contributed by atoms with Crippen LogP contribution in [0.25, 0.3) is 0 Å². The van der Waals surface area contributed by atoms with E-state index in [9.17, 15) is 8.42 Å². The minimum Gasteiger partial charge on any atom is -0.497 e. The molecule has 0 fully saturated rings. The Bertz CT molecular complexity index is 925. The van der Waals surface area contributed by atoms with Crippen molar-refractivity contribution in [3.8, 4) is 11.5 Å². The summed E-state index contributed by atoms with van der Waals surface area (Å²) >= 11 is 0. The molecule has 0 aliphatic carbocycles. The highest BCUT2D eigenvalue weighted by Crippen LogP contribution is 2.17. The van der Waals surface area contributed by atoms with Gasteiger partial charge in [-0.25, -0.2) is 8.42 Å². The Morgan fingerprint density at radius 1 is 1.07 bits per heavy atom. The SMILES string of the molecule is CN=C(NCCCOc1ccc(OC)cc1)NCc1ccc(S(C)(=O)=O)c(C)c1. The van der Waals surface area contributed by atoms with Gasteiger partial charge in [0.15, 0.2) is 15.8 Å². The molecule has 0 aromatic heterocycles. The van der Waals surface area contributed by atoms with Crippen LogP contribution in [-0.4, -0.2) is 47.9 Å². The molecule has 0 atom stereocenters. The fourth-order valence-corrected chi connectivity index (χ4v) is 3.74. The normalized spacial score (nSPS) is 11.8. The number of guanidine groups is 1. The van der Waals surface area contributed by atoms with Crippen LogP contribution in [-0.2, 0) is 16.4 Å². The van der Waals surface area contributed by atoms with Crippen molar-refractivity contribution < 1.29 is 17.9 Å². The molecule has 29 heavy (non-hydrogen) atoms. The van der Waals surface area contributed by atoms with Gasteiger partial charge in [-0.1, -0.05) is 12.1 Å². The van der Waals surface area contributed by atoms with E-state index in [2.05, 4.69) is 15.6 Å². The lowest BCUT2D eigenvalue weighted by molar-refractivity contribution is 0.310. The second kappa shape index (κ2) is 10.7. The molecule has 0 saturated heterocycles. The lowest BCUT2D eigenvalue weighted by Crippen LogP contribution is -2.37. The molecule has 0 aliphatic heterocycles. The molecular weight excluding hydrogens is 390 g/mol. The maximum Gasteiger partial charge on any atom is 0.191 e. The predicted octanol–water partition coefficient (Wildman–Crippen LogP) is 2.54. The lowest BCUT2D eigenvalue weighted by atomic mass is 10.1. The highest BCUT2D eigenvalue weighted by atomic mass is 32.2. The molecule has 0 aliphatic rings. The number of sulfone groups is 1. The van der Waals surface area contributed by atoms with Gasteiger partial charge in [0.25, 0.3) is 0 Å². The molecule has 2 aromatic carbocycles. The minimum atomic E-state index is -3.20. The Morgan fingerprint density at radius 2 is 1.76 bits per heavy atom. The van der Waals surface area contributed by atoms with Gasteiger partial charge < -0.3 is 20.1 Å². The maximum atomic E-state index is 11.7. The van der Waals surface area contributed by atoms with Crippen LogP contribution in [0.5, 0.6) is 11.5 Å². The van der Waals surface area contributed by atoms with Gasteiger partial charge in [0.05, 0.1) is 18.6 Å². The quantitative estimate of drug-likeness (QED) is 0.369. The minimum absolute atomic E-state index is 0.362. The first-order valence-electron chi connectivity index (χ1n) is 9.34. The first-order valence-corrected chi connectivity index (χ1v) is 11.2. The molecule has 0 heterocycles. The van der Waals surface area contributed by atoms with Gasteiger partial charge in [-0.2, -0.15) is 0 Å². The van der Waals surface area contributed by atoms with Crippen molar-refractivity contribution in [3.05, 3.63) is 53.6 Å². The van der Waals surface area contributed by atoms with Crippen LogP contribution >= 0.6 is 0 Å². The van der Waals surface area contributed by atoms with E-state index in [4.69, 9.17) is 9.47 Å². The summed E-state index contributed by atoms with van der Waals surface area (Å²) in [7, 11) is 0.141. The summed E-state index contributed by atoms with van der Waals surface area (Å²) in [6.45, 7) is 3.65. The average Bonchev–Trinajstić information content (AvgIpc) is 2.69. The van der Waals surface area contributed by atoms with Crippen molar-refractivity contribution in [2.24, 2.45) is 4.99 Å². The number of benzene rings is 2. The second-order valence-corrected chi connectivity index (χ2v) is 8.59. The van der Waals surface area contributed by atoms with E-state index in [1.165, 1.54) is 6.26 Å². The number of aryl methyl sites for hydroxylation is 1. The molecule has 2 N–H and O–H groups in total. The Morgan fingerprint density at radius 3 is 2.34 bits per heavy atom. The molecular formula is C21H29N3O4S. The van der Waals surface area contributed by atoms with E-state index in [-0.39, 0.29) is 0 Å². The smallest absolute Gasteiger partial charge is 0.191 e. The van der Waals surface area contributed by atoms with E-state index in [0.29, 0.717) is 30.6 Å². The Labute approximate surface area is 173 Å². The van der Waals surface area contributed by atoms with Gasteiger partial charge >= 0.3 is 0 Å². The van der Waals surface area contributed by atoms with Crippen LogP contribution in [0.3, 0.4) is 0 Å². The summed E-state index contributed by atoms with van der Waals surface area (Å²) in [6.07, 6.45) is 2.03. The summed E-state index contributed by atoms with van der Waals surface area (Å²) in [5.74, 6) is 2.29. The van der Waals surface area contributed by atoms with E-state index < -0.39 is 9.84 Å². The molecule has 2 aromatic rings. The third-order valence-electron chi connectivity index (χ3n) is 4.26. The molecule has 7 nitrogen and oxygen atoms in total.